The highest BCUT2D eigenvalue weighted by atomic mass is 35.5. The zero-order valence-electron chi connectivity index (χ0n) is 17.0. The first-order valence-electron chi connectivity index (χ1n) is 10.2. The Labute approximate surface area is 189 Å². The summed E-state index contributed by atoms with van der Waals surface area (Å²) in [5.41, 5.74) is 4.71. The third kappa shape index (κ3) is 4.26. The van der Waals surface area contributed by atoms with Crippen LogP contribution < -0.4 is 16.0 Å². The van der Waals surface area contributed by atoms with Crippen LogP contribution in [0, 0.1) is 0 Å². The molecule has 5 rings (SSSR count). The van der Waals surface area contributed by atoms with Crippen molar-refractivity contribution in [2.45, 2.75) is 12.8 Å². The van der Waals surface area contributed by atoms with Crippen LogP contribution in [0.15, 0.2) is 67.1 Å². The summed E-state index contributed by atoms with van der Waals surface area (Å²) in [4.78, 5) is 20.6. The number of amides is 1. The van der Waals surface area contributed by atoms with Crippen LogP contribution in [-0.4, -0.2) is 32.2 Å². The third-order valence-electron chi connectivity index (χ3n) is 5.18. The van der Waals surface area contributed by atoms with Gasteiger partial charge >= 0.3 is 0 Å². The molecule has 0 spiro atoms. The molecular weight excluding hydrogens is 426 g/mol. The van der Waals surface area contributed by atoms with Gasteiger partial charge < -0.3 is 16.0 Å². The van der Waals surface area contributed by atoms with Crippen molar-refractivity contribution in [3.05, 3.63) is 83.3 Å². The molecule has 0 fully saturated rings. The molecule has 32 heavy (non-hydrogen) atoms. The molecule has 1 aliphatic rings. The predicted molar refractivity (Wildman–Crippen MR) is 124 cm³/mol. The molecular formula is C23H20ClN7O. The summed E-state index contributed by atoms with van der Waals surface area (Å²) in [7, 11) is 0. The lowest BCUT2D eigenvalue weighted by atomic mass is 10.0. The number of hydrogen-bond donors (Lipinski definition) is 3. The Bertz CT molecular complexity index is 1270. The van der Waals surface area contributed by atoms with Gasteiger partial charge in [0, 0.05) is 24.6 Å². The number of nitrogens with zero attached hydrogens (tertiary/aromatic N) is 4. The van der Waals surface area contributed by atoms with Crippen molar-refractivity contribution < 1.29 is 4.79 Å². The fraction of sp³-hybridized carbons (Fsp3) is 0.130. The Morgan fingerprint density at radius 3 is 2.84 bits per heavy atom. The van der Waals surface area contributed by atoms with Gasteiger partial charge in [0.05, 0.1) is 24.0 Å². The van der Waals surface area contributed by atoms with Crippen molar-refractivity contribution in [3.8, 4) is 5.69 Å². The molecule has 4 aromatic rings. The number of aromatic nitrogens is 4. The maximum absolute atomic E-state index is 11.8. The predicted octanol–water partition coefficient (Wildman–Crippen LogP) is 4.02. The van der Waals surface area contributed by atoms with Crippen LogP contribution in [0.2, 0.25) is 5.02 Å². The van der Waals surface area contributed by atoms with E-state index in [2.05, 4.69) is 31.0 Å². The maximum atomic E-state index is 11.8. The highest BCUT2D eigenvalue weighted by Crippen LogP contribution is 2.28. The van der Waals surface area contributed by atoms with E-state index >= 15 is 0 Å². The average Bonchev–Trinajstić information content (AvgIpc) is 3.26. The lowest BCUT2D eigenvalue weighted by Crippen LogP contribution is -2.24. The van der Waals surface area contributed by atoms with Gasteiger partial charge in [-0.1, -0.05) is 29.8 Å². The Balaban J connectivity index is 1.40. The molecule has 0 bridgehead atoms. The van der Waals surface area contributed by atoms with Gasteiger partial charge in [-0.3, -0.25) is 4.79 Å². The average molecular weight is 446 g/mol. The first-order chi connectivity index (χ1) is 15.7. The van der Waals surface area contributed by atoms with Crippen LogP contribution in [0.1, 0.15) is 11.1 Å². The summed E-state index contributed by atoms with van der Waals surface area (Å²) in [5, 5.41) is 14.1. The van der Waals surface area contributed by atoms with Gasteiger partial charge in [-0.25, -0.2) is 9.67 Å². The van der Waals surface area contributed by atoms with Crippen molar-refractivity contribution in [2.24, 2.45) is 0 Å². The number of halogens is 1. The summed E-state index contributed by atoms with van der Waals surface area (Å²) >= 11 is 6.38. The van der Waals surface area contributed by atoms with Gasteiger partial charge in [0.1, 0.15) is 5.02 Å². The molecule has 9 heteroatoms. The van der Waals surface area contributed by atoms with Gasteiger partial charge in [-0.2, -0.15) is 10.1 Å². The second-order valence-corrected chi connectivity index (χ2v) is 7.78. The van der Waals surface area contributed by atoms with Gasteiger partial charge in [0.15, 0.2) is 5.82 Å². The standard InChI is InChI=1S/C23H20ClN7O/c24-18-14-26-23(28-17-7-6-15-13-21(32)25-10-8-16(15)12-17)30-22(18)29-19-4-1-2-5-20(19)31-11-3-9-27-31/h1-7,9,11-12,14H,8,10,13H2,(H,25,32)(H2,26,28,29,30). The van der Waals surface area contributed by atoms with E-state index in [-0.39, 0.29) is 5.91 Å². The van der Waals surface area contributed by atoms with E-state index in [0.29, 0.717) is 29.8 Å². The molecule has 0 aliphatic carbocycles. The van der Waals surface area contributed by atoms with E-state index in [1.54, 1.807) is 17.1 Å². The second-order valence-electron chi connectivity index (χ2n) is 7.37. The first-order valence-corrected chi connectivity index (χ1v) is 10.6. The minimum atomic E-state index is 0.0524. The molecule has 3 N–H and O–H groups in total. The number of benzene rings is 2. The SMILES string of the molecule is O=C1Cc2ccc(Nc3ncc(Cl)c(Nc4ccccc4-n4cccn4)n3)cc2CCN1. The normalized spacial score (nSPS) is 13.1. The van der Waals surface area contributed by atoms with Gasteiger partial charge in [0.25, 0.3) is 0 Å². The quantitative estimate of drug-likeness (QED) is 0.429. The Morgan fingerprint density at radius 2 is 1.97 bits per heavy atom. The number of rotatable bonds is 5. The van der Waals surface area contributed by atoms with Crippen LogP contribution in [0.25, 0.3) is 5.69 Å². The fourth-order valence-electron chi connectivity index (χ4n) is 3.64. The molecule has 8 nitrogen and oxygen atoms in total. The number of para-hydroxylation sites is 2. The van der Waals surface area contributed by atoms with E-state index in [9.17, 15) is 4.79 Å². The van der Waals surface area contributed by atoms with Crippen molar-refractivity contribution >= 4 is 40.6 Å². The zero-order chi connectivity index (χ0) is 21.9. The fourth-order valence-corrected chi connectivity index (χ4v) is 3.78. The molecule has 0 saturated carbocycles. The van der Waals surface area contributed by atoms with Crippen LogP contribution >= 0.6 is 11.6 Å². The molecule has 0 saturated heterocycles. The largest absolute Gasteiger partial charge is 0.355 e. The summed E-state index contributed by atoms with van der Waals surface area (Å²) in [6.07, 6.45) is 6.34. The highest BCUT2D eigenvalue weighted by molar-refractivity contribution is 6.33. The number of nitrogens with one attached hydrogen (secondary N) is 3. The summed E-state index contributed by atoms with van der Waals surface area (Å²) in [5.74, 6) is 0.946. The molecule has 2 aromatic carbocycles. The first kappa shape index (κ1) is 20.0. The minimum absolute atomic E-state index is 0.0524. The van der Waals surface area contributed by atoms with Crippen LogP contribution in [-0.2, 0) is 17.6 Å². The molecule has 3 heterocycles. The topological polar surface area (TPSA) is 96.8 Å². The summed E-state index contributed by atoms with van der Waals surface area (Å²) in [6, 6.07) is 15.6. The van der Waals surface area contributed by atoms with E-state index in [1.165, 1.54) is 0 Å². The number of anilines is 4. The zero-order valence-corrected chi connectivity index (χ0v) is 17.8. The van der Waals surface area contributed by atoms with Crippen LogP contribution in [0.4, 0.5) is 23.1 Å². The van der Waals surface area contributed by atoms with Gasteiger partial charge in [0.2, 0.25) is 11.9 Å². The molecule has 1 amide bonds. The van der Waals surface area contributed by atoms with Crippen LogP contribution in [0.5, 0.6) is 0 Å². The van der Waals surface area contributed by atoms with Gasteiger partial charge in [-0.15, -0.1) is 0 Å². The third-order valence-corrected chi connectivity index (χ3v) is 5.46. The molecule has 1 aliphatic heterocycles. The lowest BCUT2D eigenvalue weighted by Gasteiger charge is -2.14. The minimum Gasteiger partial charge on any atom is -0.355 e. The van der Waals surface area contributed by atoms with Crippen molar-refractivity contribution in [1.29, 1.82) is 0 Å². The van der Waals surface area contributed by atoms with Crippen molar-refractivity contribution in [1.82, 2.24) is 25.1 Å². The number of fused-ring (bicyclic) bond motifs is 1. The Morgan fingerprint density at radius 1 is 1.06 bits per heavy atom. The lowest BCUT2D eigenvalue weighted by molar-refractivity contribution is -0.120. The Hall–Kier alpha value is -3.91. The van der Waals surface area contributed by atoms with Crippen molar-refractivity contribution in [2.75, 3.05) is 17.2 Å². The van der Waals surface area contributed by atoms with E-state index in [4.69, 9.17) is 11.6 Å². The second kappa shape index (κ2) is 8.68. The Kier molecular flexibility index (Phi) is 5.43. The monoisotopic (exact) mass is 445 g/mol. The smallest absolute Gasteiger partial charge is 0.229 e. The highest BCUT2D eigenvalue weighted by Gasteiger charge is 2.14. The molecule has 0 radical (unpaired) electrons. The van der Waals surface area contributed by atoms with Gasteiger partial charge in [-0.05, 0) is 47.9 Å². The molecule has 2 aromatic heterocycles. The van der Waals surface area contributed by atoms with E-state index in [0.717, 1.165) is 34.6 Å². The number of carbonyl (C=O) groups excluding carboxylic acids is 1. The number of carbonyl (C=O) groups is 1. The van der Waals surface area contributed by atoms with E-state index in [1.807, 2.05) is 54.7 Å². The maximum Gasteiger partial charge on any atom is 0.229 e. The van der Waals surface area contributed by atoms with E-state index < -0.39 is 0 Å². The summed E-state index contributed by atoms with van der Waals surface area (Å²) < 4.78 is 1.77. The number of hydrogen-bond acceptors (Lipinski definition) is 6. The van der Waals surface area contributed by atoms with Crippen LogP contribution in [0.3, 0.4) is 0 Å². The molecule has 160 valence electrons. The molecule has 0 atom stereocenters. The van der Waals surface area contributed by atoms with Crippen molar-refractivity contribution in [3.63, 3.8) is 0 Å². The summed E-state index contributed by atoms with van der Waals surface area (Å²) in [6.45, 7) is 0.635. The molecule has 0 unspecified atom stereocenters.